The van der Waals surface area contributed by atoms with E-state index in [-0.39, 0.29) is 11.8 Å². The van der Waals surface area contributed by atoms with Gasteiger partial charge in [-0.05, 0) is 57.2 Å². The van der Waals surface area contributed by atoms with Crippen molar-refractivity contribution in [2.24, 2.45) is 0 Å². The molecule has 0 radical (unpaired) electrons. The smallest absolute Gasteiger partial charge is 0.407 e. The predicted molar refractivity (Wildman–Crippen MR) is 112 cm³/mol. The zero-order valence-electron chi connectivity index (χ0n) is 17.0. The Kier molecular flexibility index (Phi) is 6.12. The Balaban J connectivity index is 1.62. The summed E-state index contributed by atoms with van der Waals surface area (Å²) in [7, 11) is -3.57. The third-order valence-electron chi connectivity index (χ3n) is 4.50. The lowest BCUT2D eigenvalue weighted by Crippen LogP contribution is -2.39. The van der Waals surface area contributed by atoms with Gasteiger partial charge in [0.05, 0.1) is 11.4 Å². The van der Waals surface area contributed by atoms with Crippen molar-refractivity contribution < 1.29 is 17.9 Å². The van der Waals surface area contributed by atoms with E-state index in [1.165, 1.54) is 6.20 Å². The van der Waals surface area contributed by atoms with Crippen LogP contribution in [0.2, 0.25) is 0 Å². The number of nitrogens with one attached hydrogen (secondary N) is 1. The van der Waals surface area contributed by atoms with Gasteiger partial charge >= 0.3 is 6.09 Å². The molecule has 1 N–H and O–H groups in total. The zero-order valence-corrected chi connectivity index (χ0v) is 17.8. The Hall–Kier alpha value is -2.61. The van der Waals surface area contributed by atoms with Crippen molar-refractivity contribution in [2.75, 3.05) is 0 Å². The molecule has 1 heterocycles. The predicted octanol–water partition coefficient (Wildman–Crippen LogP) is 3.72. The Morgan fingerprint density at radius 2 is 1.97 bits per heavy atom. The Morgan fingerprint density at radius 1 is 1.24 bits per heavy atom. The fourth-order valence-corrected chi connectivity index (χ4v) is 4.36. The van der Waals surface area contributed by atoms with Crippen LogP contribution in [0.1, 0.15) is 51.3 Å². The van der Waals surface area contributed by atoms with E-state index < -0.39 is 21.7 Å². The van der Waals surface area contributed by atoms with Crippen LogP contribution in [-0.4, -0.2) is 35.3 Å². The highest BCUT2D eigenvalue weighted by Crippen LogP contribution is 2.26. The van der Waals surface area contributed by atoms with Gasteiger partial charge in [-0.15, -0.1) is 0 Å². The van der Waals surface area contributed by atoms with E-state index in [4.69, 9.17) is 4.74 Å². The summed E-state index contributed by atoms with van der Waals surface area (Å²) in [6.45, 7) is 5.48. The highest BCUT2D eigenvalue weighted by molar-refractivity contribution is 7.89. The Labute approximate surface area is 171 Å². The van der Waals surface area contributed by atoms with Crippen LogP contribution in [0, 0.1) is 0 Å². The molecule has 1 aromatic heterocycles. The van der Waals surface area contributed by atoms with Gasteiger partial charge in [0.2, 0.25) is 0 Å². The van der Waals surface area contributed by atoms with E-state index >= 15 is 0 Å². The SMILES string of the molecule is CC(C)(C)OC(=O)NC1CC=C(c2ccn(S(=O)(=O)Cc3ccccc3)n2)CC1. The van der Waals surface area contributed by atoms with E-state index in [0.717, 1.165) is 21.6 Å². The molecule has 1 aliphatic rings. The Bertz CT molecular complexity index is 988. The molecular formula is C21H27N3O4S. The van der Waals surface area contributed by atoms with Crippen molar-refractivity contribution >= 4 is 21.7 Å². The van der Waals surface area contributed by atoms with Crippen LogP contribution < -0.4 is 5.32 Å². The second kappa shape index (κ2) is 8.41. The van der Waals surface area contributed by atoms with Gasteiger partial charge in [-0.3, -0.25) is 0 Å². The maximum absolute atomic E-state index is 12.6. The first kappa shape index (κ1) is 21.1. The number of rotatable bonds is 5. The number of benzene rings is 1. The zero-order chi connectivity index (χ0) is 21.1. The number of carbonyl (C=O) groups excluding carboxylic acids is 1. The molecule has 1 aliphatic carbocycles. The molecule has 1 unspecified atom stereocenters. The minimum absolute atomic E-state index is 0.00232. The fourth-order valence-electron chi connectivity index (χ4n) is 3.16. The topological polar surface area (TPSA) is 90.3 Å². The highest BCUT2D eigenvalue weighted by Gasteiger charge is 2.23. The standard InChI is InChI=1S/C21H27N3O4S/c1-21(2,3)28-20(25)22-18-11-9-17(10-12-18)19-13-14-24(23-19)29(26,27)15-16-7-5-4-6-8-16/h4-9,13-14,18H,10-12,15H2,1-3H3,(H,22,25). The van der Waals surface area contributed by atoms with Crippen molar-refractivity contribution in [1.29, 1.82) is 0 Å². The second-order valence-electron chi connectivity index (χ2n) is 8.16. The number of alkyl carbamates (subject to hydrolysis) is 1. The number of aromatic nitrogens is 2. The van der Waals surface area contributed by atoms with Crippen molar-refractivity contribution in [3.8, 4) is 0 Å². The first-order chi connectivity index (χ1) is 13.6. The lowest BCUT2D eigenvalue weighted by atomic mass is 9.93. The molecule has 3 rings (SSSR count). The minimum atomic E-state index is -3.57. The number of ether oxygens (including phenoxy) is 1. The molecule has 8 heteroatoms. The summed E-state index contributed by atoms with van der Waals surface area (Å²) in [5.74, 6) is -0.101. The molecule has 0 fully saturated rings. The summed E-state index contributed by atoms with van der Waals surface area (Å²) < 4.78 is 31.5. The van der Waals surface area contributed by atoms with Crippen LogP contribution in [0.3, 0.4) is 0 Å². The first-order valence-corrected chi connectivity index (χ1v) is 11.2. The maximum Gasteiger partial charge on any atom is 0.407 e. The molecule has 1 amide bonds. The molecule has 1 aromatic carbocycles. The lowest BCUT2D eigenvalue weighted by Gasteiger charge is -2.25. The van der Waals surface area contributed by atoms with Gasteiger partial charge in [-0.2, -0.15) is 9.19 Å². The summed E-state index contributed by atoms with van der Waals surface area (Å²) in [4.78, 5) is 11.9. The fraction of sp³-hybridized carbons (Fsp3) is 0.429. The summed E-state index contributed by atoms with van der Waals surface area (Å²) in [5, 5.41) is 7.16. The molecule has 156 valence electrons. The second-order valence-corrected chi connectivity index (χ2v) is 9.99. The molecule has 2 aromatic rings. The van der Waals surface area contributed by atoms with Crippen molar-refractivity contribution in [3.63, 3.8) is 0 Å². The summed E-state index contributed by atoms with van der Waals surface area (Å²) in [6.07, 6.45) is 5.17. The quantitative estimate of drug-likeness (QED) is 0.801. The van der Waals surface area contributed by atoms with Crippen LogP contribution in [-0.2, 0) is 20.5 Å². The number of nitrogens with zero attached hydrogens (tertiary/aromatic N) is 2. The molecule has 0 saturated carbocycles. The number of allylic oxidation sites excluding steroid dienone is 1. The maximum atomic E-state index is 12.6. The molecule has 0 spiro atoms. The van der Waals surface area contributed by atoms with Gasteiger partial charge in [-0.25, -0.2) is 13.2 Å². The van der Waals surface area contributed by atoms with Gasteiger partial charge in [0, 0.05) is 12.2 Å². The average Bonchev–Trinajstić information content (AvgIpc) is 3.12. The normalized spacial score (nSPS) is 17.5. The van der Waals surface area contributed by atoms with Crippen molar-refractivity contribution in [1.82, 2.24) is 14.5 Å². The van der Waals surface area contributed by atoms with E-state index in [0.29, 0.717) is 18.5 Å². The Morgan fingerprint density at radius 3 is 2.59 bits per heavy atom. The molecular weight excluding hydrogens is 390 g/mol. The minimum Gasteiger partial charge on any atom is -0.444 e. The number of carbonyl (C=O) groups is 1. The molecule has 1 atom stereocenters. The van der Waals surface area contributed by atoms with E-state index in [9.17, 15) is 13.2 Å². The van der Waals surface area contributed by atoms with Crippen LogP contribution in [0.4, 0.5) is 4.79 Å². The van der Waals surface area contributed by atoms with Crippen LogP contribution in [0.25, 0.3) is 5.57 Å². The molecule has 0 bridgehead atoms. The van der Waals surface area contributed by atoms with Gasteiger partial charge in [0.25, 0.3) is 10.0 Å². The third kappa shape index (κ3) is 5.93. The van der Waals surface area contributed by atoms with E-state index in [1.54, 1.807) is 18.2 Å². The van der Waals surface area contributed by atoms with Gasteiger partial charge < -0.3 is 10.1 Å². The monoisotopic (exact) mass is 417 g/mol. The van der Waals surface area contributed by atoms with Crippen LogP contribution in [0.5, 0.6) is 0 Å². The first-order valence-electron chi connectivity index (χ1n) is 9.64. The number of hydrogen-bond donors (Lipinski definition) is 1. The summed E-state index contributed by atoms with van der Waals surface area (Å²) in [6, 6.07) is 10.8. The van der Waals surface area contributed by atoms with Gasteiger partial charge in [0.1, 0.15) is 5.60 Å². The average molecular weight is 418 g/mol. The molecule has 7 nitrogen and oxygen atoms in total. The van der Waals surface area contributed by atoms with E-state index in [2.05, 4.69) is 10.4 Å². The molecule has 0 saturated heterocycles. The third-order valence-corrected chi connectivity index (χ3v) is 5.98. The van der Waals surface area contributed by atoms with Gasteiger partial charge in [-0.1, -0.05) is 36.4 Å². The van der Waals surface area contributed by atoms with Crippen molar-refractivity contribution in [3.05, 3.63) is 59.9 Å². The summed E-state index contributed by atoms with van der Waals surface area (Å²) >= 11 is 0. The van der Waals surface area contributed by atoms with Crippen molar-refractivity contribution in [2.45, 2.75) is 57.4 Å². The van der Waals surface area contributed by atoms with E-state index in [1.807, 2.05) is 45.0 Å². The molecule has 0 aliphatic heterocycles. The number of amides is 1. The van der Waals surface area contributed by atoms with Gasteiger partial charge in [0.15, 0.2) is 0 Å². The molecule has 29 heavy (non-hydrogen) atoms. The summed E-state index contributed by atoms with van der Waals surface area (Å²) in [5.41, 5.74) is 1.83. The lowest BCUT2D eigenvalue weighted by molar-refractivity contribution is 0.0502. The highest BCUT2D eigenvalue weighted by atomic mass is 32.2. The van der Waals surface area contributed by atoms with Crippen LogP contribution >= 0.6 is 0 Å². The van der Waals surface area contributed by atoms with Crippen LogP contribution in [0.15, 0.2) is 48.7 Å². The largest absolute Gasteiger partial charge is 0.444 e. The number of hydrogen-bond acceptors (Lipinski definition) is 5.